The van der Waals surface area contributed by atoms with Gasteiger partial charge < -0.3 is 9.80 Å². The van der Waals surface area contributed by atoms with Crippen molar-refractivity contribution >= 4 is 16.7 Å². The van der Waals surface area contributed by atoms with Gasteiger partial charge >= 0.3 is 0 Å². The first kappa shape index (κ1) is 12.8. The number of aromatic nitrogens is 2. The van der Waals surface area contributed by atoms with Gasteiger partial charge in [-0.1, -0.05) is 12.1 Å². The zero-order chi connectivity index (χ0) is 13.9. The van der Waals surface area contributed by atoms with Crippen LogP contribution in [0.2, 0.25) is 0 Å². The zero-order valence-electron chi connectivity index (χ0n) is 11.6. The van der Waals surface area contributed by atoms with Crippen LogP contribution in [0.4, 0.5) is 5.82 Å². The lowest BCUT2D eigenvalue weighted by atomic mass is 10.2. The molecule has 0 spiro atoms. The molecule has 0 amide bonds. The average molecular weight is 267 g/mol. The van der Waals surface area contributed by atoms with Gasteiger partial charge in [-0.05, 0) is 32.1 Å². The number of para-hydroxylation sites is 1. The molecule has 0 saturated carbocycles. The topological polar surface area (TPSA) is 56.0 Å². The first-order valence-corrected chi connectivity index (χ1v) is 6.88. The van der Waals surface area contributed by atoms with Crippen molar-refractivity contribution in [3.05, 3.63) is 30.1 Å². The summed E-state index contributed by atoms with van der Waals surface area (Å²) in [4.78, 5) is 13.3. The number of hydrogen-bond donors (Lipinski definition) is 0. The second kappa shape index (κ2) is 5.43. The minimum atomic E-state index is 0.247. The van der Waals surface area contributed by atoms with Gasteiger partial charge in [0.2, 0.25) is 5.82 Å². The van der Waals surface area contributed by atoms with Gasteiger partial charge in [0.15, 0.2) is 0 Å². The largest absolute Gasteiger partial charge is 0.355 e. The van der Waals surface area contributed by atoms with Crippen molar-refractivity contribution in [1.82, 2.24) is 14.9 Å². The van der Waals surface area contributed by atoms with Gasteiger partial charge in [-0.3, -0.25) is 0 Å². The van der Waals surface area contributed by atoms with Crippen LogP contribution in [0.3, 0.4) is 0 Å². The quantitative estimate of drug-likeness (QED) is 0.786. The van der Waals surface area contributed by atoms with E-state index in [1.807, 2.05) is 24.3 Å². The van der Waals surface area contributed by atoms with Crippen molar-refractivity contribution < 1.29 is 0 Å². The Morgan fingerprint density at radius 1 is 1.10 bits per heavy atom. The minimum Gasteiger partial charge on any atom is -0.355 e. The summed E-state index contributed by atoms with van der Waals surface area (Å²) in [7, 11) is 2.14. The number of fused-ring (bicyclic) bond motifs is 1. The number of rotatable bonds is 1. The maximum absolute atomic E-state index is 9.12. The molecule has 1 fully saturated rings. The van der Waals surface area contributed by atoms with Gasteiger partial charge in [0.1, 0.15) is 11.9 Å². The fourth-order valence-electron chi connectivity index (χ4n) is 2.61. The van der Waals surface area contributed by atoms with Crippen molar-refractivity contribution in [1.29, 1.82) is 5.26 Å². The van der Waals surface area contributed by atoms with Crippen molar-refractivity contribution in [2.24, 2.45) is 0 Å². The third-order valence-electron chi connectivity index (χ3n) is 3.70. The lowest BCUT2D eigenvalue weighted by Gasteiger charge is -2.23. The Hall–Kier alpha value is -2.19. The smallest absolute Gasteiger partial charge is 0.234 e. The molecule has 5 nitrogen and oxygen atoms in total. The van der Waals surface area contributed by atoms with Crippen LogP contribution in [-0.4, -0.2) is 48.1 Å². The van der Waals surface area contributed by atoms with Crippen molar-refractivity contribution in [2.75, 3.05) is 38.1 Å². The minimum absolute atomic E-state index is 0.247. The Balaban J connectivity index is 2.07. The Kier molecular flexibility index (Phi) is 3.48. The monoisotopic (exact) mass is 267 g/mol. The van der Waals surface area contributed by atoms with E-state index in [-0.39, 0.29) is 5.82 Å². The van der Waals surface area contributed by atoms with E-state index >= 15 is 0 Å². The fourth-order valence-corrected chi connectivity index (χ4v) is 2.61. The van der Waals surface area contributed by atoms with E-state index in [2.05, 4.69) is 32.9 Å². The second-order valence-corrected chi connectivity index (χ2v) is 5.14. The van der Waals surface area contributed by atoms with Crippen LogP contribution < -0.4 is 4.90 Å². The molecule has 1 aliphatic heterocycles. The van der Waals surface area contributed by atoms with E-state index in [0.29, 0.717) is 0 Å². The summed E-state index contributed by atoms with van der Waals surface area (Å²) in [5.41, 5.74) is 0.839. The Morgan fingerprint density at radius 2 is 1.95 bits per heavy atom. The molecule has 0 aliphatic carbocycles. The van der Waals surface area contributed by atoms with Crippen LogP contribution in [0, 0.1) is 11.3 Å². The van der Waals surface area contributed by atoms with E-state index in [9.17, 15) is 0 Å². The third-order valence-corrected chi connectivity index (χ3v) is 3.70. The SMILES string of the molecule is CN1CCCN(c2nc(C#N)nc3ccccc23)CC1. The van der Waals surface area contributed by atoms with Gasteiger partial charge in [0.05, 0.1) is 5.52 Å². The number of nitrogens with zero attached hydrogens (tertiary/aromatic N) is 5. The molecule has 3 rings (SSSR count). The van der Waals surface area contributed by atoms with E-state index < -0.39 is 0 Å². The van der Waals surface area contributed by atoms with Crippen molar-refractivity contribution in [3.8, 4) is 6.07 Å². The number of anilines is 1. The molecule has 1 aliphatic rings. The summed E-state index contributed by atoms with van der Waals surface area (Å²) in [6.45, 7) is 4.02. The van der Waals surface area contributed by atoms with Crippen molar-refractivity contribution in [2.45, 2.75) is 6.42 Å². The molecule has 0 atom stereocenters. The van der Waals surface area contributed by atoms with E-state index in [4.69, 9.17) is 5.26 Å². The summed E-state index contributed by atoms with van der Waals surface area (Å²) in [5.74, 6) is 1.14. The first-order chi connectivity index (χ1) is 9.78. The van der Waals surface area contributed by atoms with Crippen LogP contribution in [0.5, 0.6) is 0 Å². The van der Waals surface area contributed by atoms with Gasteiger partial charge in [0, 0.05) is 25.0 Å². The number of benzene rings is 1. The molecule has 1 saturated heterocycles. The molecule has 2 heterocycles. The number of hydrogen-bond acceptors (Lipinski definition) is 5. The predicted octanol–water partition coefficient (Wildman–Crippen LogP) is 1.64. The van der Waals surface area contributed by atoms with Gasteiger partial charge in [-0.15, -0.1) is 0 Å². The number of nitriles is 1. The Morgan fingerprint density at radius 3 is 2.80 bits per heavy atom. The molecule has 5 heteroatoms. The van der Waals surface area contributed by atoms with Crippen LogP contribution in [0.15, 0.2) is 24.3 Å². The summed E-state index contributed by atoms with van der Waals surface area (Å²) in [5, 5.41) is 10.1. The van der Waals surface area contributed by atoms with Gasteiger partial charge in [-0.25, -0.2) is 9.97 Å². The molecule has 0 unspecified atom stereocenters. The molecule has 2 aromatic rings. The van der Waals surface area contributed by atoms with E-state index in [1.54, 1.807) is 0 Å². The first-order valence-electron chi connectivity index (χ1n) is 6.88. The lowest BCUT2D eigenvalue weighted by Crippen LogP contribution is -2.29. The molecule has 1 aromatic carbocycles. The Labute approximate surface area is 118 Å². The Bertz CT molecular complexity index is 661. The summed E-state index contributed by atoms with van der Waals surface area (Å²) in [6, 6.07) is 9.96. The molecule has 102 valence electrons. The highest BCUT2D eigenvalue weighted by Crippen LogP contribution is 2.24. The van der Waals surface area contributed by atoms with Crippen LogP contribution in [0.1, 0.15) is 12.2 Å². The van der Waals surface area contributed by atoms with Crippen molar-refractivity contribution in [3.63, 3.8) is 0 Å². The molecule has 0 bridgehead atoms. The molecule has 0 radical (unpaired) electrons. The highest BCUT2D eigenvalue weighted by molar-refractivity contribution is 5.89. The van der Waals surface area contributed by atoms with E-state index in [1.165, 1.54) is 0 Å². The fraction of sp³-hybridized carbons (Fsp3) is 0.400. The highest BCUT2D eigenvalue weighted by atomic mass is 15.2. The molecule has 1 aromatic heterocycles. The second-order valence-electron chi connectivity index (χ2n) is 5.14. The average Bonchev–Trinajstić information content (AvgIpc) is 2.71. The maximum Gasteiger partial charge on any atom is 0.234 e. The molecular formula is C15H17N5. The van der Waals surface area contributed by atoms with Gasteiger partial charge in [0.25, 0.3) is 0 Å². The zero-order valence-corrected chi connectivity index (χ0v) is 11.6. The highest BCUT2D eigenvalue weighted by Gasteiger charge is 2.17. The van der Waals surface area contributed by atoms with E-state index in [0.717, 1.165) is 49.3 Å². The van der Waals surface area contributed by atoms with Crippen LogP contribution >= 0.6 is 0 Å². The molecular weight excluding hydrogens is 250 g/mol. The standard InChI is InChI=1S/C15H17N5/c1-19-7-4-8-20(10-9-19)15-12-5-2-3-6-13(12)17-14(11-16)18-15/h2-3,5-6H,4,7-10H2,1H3. The lowest BCUT2D eigenvalue weighted by molar-refractivity contribution is 0.360. The van der Waals surface area contributed by atoms with Gasteiger partial charge in [-0.2, -0.15) is 5.26 Å². The third kappa shape index (κ3) is 2.43. The molecule has 20 heavy (non-hydrogen) atoms. The summed E-state index contributed by atoms with van der Waals surface area (Å²) in [6.07, 6.45) is 1.11. The maximum atomic E-state index is 9.12. The summed E-state index contributed by atoms with van der Waals surface area (Å²) >= 11 is 0. The van der Waals surface area contributed by atoms with Crippen LogP contribution in [-0.2, 0) is 0 Å². The van der Waals surface area contributed by atoms with Crippen LogP contribution in [0.25, 0.3) is 10.9 Å². The predicted molar refractivity (Wildman–Crippen MR) is 78.6 cm³/mol. The summed E-state index contributed by atoms with van der Waals surface area (Å²) < 4.78 is 0. The number of likely N-dealkylation sites (N-methyl/N-ethyl adjacent to an activating group) is 1. The molecule has 0 N–H and O–H groups in total. The normalized spacial score (nSPS) is 16.9.